The quantitative estimate of drug-likeness (QED) is 0.146. The maximum atomic E-state index is 13.9. The van der Waals surface area contributed by atoms with Crippen molar-refractivity contribution in [2.24, 2.45) is 5.10 Å². The van der Waals surface area contributed by atoms with Gasteiger partial charge in [0.2, 0.25) is 5.78 Å². The van der Waals surface area contributed by atoms with Gasteiger partial charge < -0.3 is 63.9 Å². The molecule has 13 atom stereocenters. The lowest BCUT2D eigenvalue weighted by atomic mass is 9.67. The molecule has 7 rings (SSSR count). The van der Waals surface area contributed by atoms with Crippen molar-refractivity contribution in [2.45, 2.75) is 145 Å². The van der Waals surface area contributed by atoms with Crippen molar-refractivity contribution >= 4 is 23.2 Å². The Bertz CT molecular complexity index is 2000. The highest BCUT2D eigenvalue weighted by atomic mass is 16.7. The minimum Gasteiger partial charge on any atom is -0.507 e. The first-order chi connectivity index (χ1) is 28.5. The predicted octanol–water partition coefficient (Wildman–Crippen LogP) is 3.16. The standard InChI is InChI=1S/C43H57N3O14/c1-9-43(53)18-29(34-23(36(43)42(52)54-8)15-24-35(39(34)51)38(50)33-22(37(24)49)11-10-12-27(33)47)58-31-16-26(46(6)7)40(20(3)56-31)60-32-17-28(48)41(21(4)57-32)59-30-14-13-25(45-44-5)19(2)55-30/h10-12,15,19-21,26,28-32,36,40-41,44,47-48,51,53H,9,13-14,16-18H2,1-8H3/b45-25-/t19?,20?,21?,26-,28-,29+,30+,31+,32+,36+,40-,41-,43-/m1/s1. The molecule has 0 amide bonds. The zero-order chi connectivity index (χ0) is 43.4. The zero-order valence-corrected chi connectivity index (χ0v) is 35.2. The van der Waals surface area contributed by atoms with E-state index >= 15 is 0 Å². The molecule has 5 N–H and O–H groups in total. The van der Waals surface area contributed by atoms with Crippen LogP contribution in [0.3, 0.4) is 0 Å². The number of aliphatic hydroxyl groups excluding tert-OH is 1. The molecule has 0 aromatic heterocycles. The summed E-state index contributed by atoms with van der Waals surface area (Å²) in [6.45, 7) is 7.25. The minimum atomic E-state index is -1.75. The molecule has 60 heavy (non-hydrogen) atoms. The molecule has 3 heterocycles. The molecular weight excluding hydrogens is 782 g/mol. The lowest BCUT2D eigenvalue weighted by Crippen LogP contribution is -2.58. The summed E-state index contributed by atoms with van der Waals surface area (Å²) in [4.78, 5) is 43.2. The minimum absolute atomic E-state index is 0.0355. The molecular formula is C43H57N3O14. The third kappa shape index (κ3) is 7.95. The first kappa shape index (κ1) is 44.0. The van der Waals surface area contributed by atoms with Gasteiger partial charge in [0.05, 0.1) is 60.1 Å². The van der Waals surface area contributed by atoms with Crippen LogP contribution >= 0.6 is 0 Å². The molecule has 2 aliphatic carbocycles. The van der Waals surface area contributed by atoms with Gasteiger partial charge in [-0.15, -0.1) is 0 Å². The SMILES string of the molecule is CC[C@@]1(O)C[C@H](O[C@H]2C[C@@H](N(C)C)[C@H](O[C@H]3C[C@@H](O)[C@H](O[C@H]4CC/C(=N/NC)C(C)O4)C(C)O3)C(C)O2)c2c(cc3c(c2O)C(=O)c2c(O)cccc2C3=O)[C@H]1C(=O)OC. The van der Waals surface area contributed by atoms with Crippen LogP contribution < -0.4 is 5.43 Å². The number of aromatic hydroxyl groups is 2. The molecule has 0 spiro atoms. The number of rotatable bonds is 10. The fourth-order valence-electron chi connectivity index (χ4n) is 9.57. The van der Waals surface area contributed by atoms with Crippen molar-refractivity contribution in [2.75, 3.05) is 28.3 Å². The number of methoxy groups -OCH3 is 1. The van der Waals surface area contributed by atoms with E-state index < -0.39 is 96.0 Å². The highest BCUT2D eigenvalue weighted by Crippen LogP contribution is 2.54. The van der Waals surface area contributed by atoms with Crippen LogP contribution in [0.5, 0.6) is 11.5 Å². The number of hydrogen-bond donors (Lipinski definition) is 5. The second-order valence-corrected chi connectivity index (χ2v) is 16.6. The molecule has 17 nitrogen and oxygen atoms in total. The molecule has 2 aromatic rings. The van der Waals surface area contributed by atoms with Gasteiger partial charge in [-0.2, -0.15) is 5.10 Å². The van der Waals surface area contributed by atoms with E-state index in [9.17, 15) is 34.8 Å². The Morgan fingerprint density at radius 1 is 0.950 bits per heavy atom. The Hall–Kier alpha value is -4.04. The number of nitrogens with zero attached hydrogens (tertiary/aromatic N) is 2. The van der Waals surface area contributed by atoms with Crippen LogP contribution in [0.2, 0.25) is 0 Å². The molecule has 0 radical (unpaired) electrons. The third-order valence-corrected chi connectivity index (χ3v) is 12.7. The smallest absolute Gasteiger partial charge is 0.316 e. The number of hydrogen-bond acceptors (Lipinski definition) is 17. The van der Waals surface area contributed by atoms with E-state index in [0.29, 0.717) is 12.8 Å². The number of esters is 1. The Morgan fingerprint density at radius 2 is 1.63 bits per heavy atom. The highest BCUT2D eigenvalue weighted by molar-refractivity contribution is 6.30. The van der Waals surface area contributed by atoms with E-state index in [1.807, 2.05) is 39.8 Å². The van der Waals surface area contributed by atoms with E-state index in [2.05, 4.69) is 10.5 Å². The Labute approximate surface area is 348 Å². The molecule has 3 aliphatic heterocycles. The number of ether oxygens (including phenoxy) is 7. The average Bonchev–Trinajstić information content (AvgIpc) is 3.19. The zero-order valence-electron chi connectivity index (χ0n) is 35.2. The van der Waals surface area contributed by atoms with E-state index in [4.69, 9.17) is 33.2 Å². The molecule has 0 bridgehead atoms. The molecule has 0 saturated carbocycles. The summed E-state index contributed by atoms with van der Waals surface area (Å²) in [7, 11) is 6.69. The second kappa shape index (κ2) is 17.4. The summed E-state index contributed by atoms with van der Waals surface area (Å²) in [5.74, 6) is -4.56. The topological polar surface area (TPSA) is 224 Å². The second-order valence-electron chi connectivity index (χ2n) is 16.6. The Balaban J connectivity index is 1.11. The summed E-state index contributed by atoms with van der Waals surface area (Å²) in [6.07, 6.45) is -5.35. The molecule has 2 aromatic carbocycles. The van der Waals surface area contributed by atoms with Gasteiger partial charge in [0, 0.05) is 55.5 Å². The van der Waals surface area contributed by atoms with Crippen LogP contribution in [-0.4, -0.2) is 144 Å². The van der Waals surface area contributed by atoms with E-state index in [1.54, 1.807) is 14.0 Å². The maximum absolute atomic E-state index is 13.9. The van der Waals surface area contributed by atoms with Gasteiger partial charge in [-0.1, -0.05) is 19.1 Å². The number of phenolic OH excluding ortho intramolecular Hbond substituents is 2. The number of ketones is 2. The van der Waals surface area contributed by atoms with Crippen LogP contribution in [-0.2, 0) is 38.0 Å². The molecule has 3 unspecified atom stereocenters. The summed E-state index contributed by atoms with van der Waals surface area (Å²) in [5.41, 5.74) is 1.25. The summed E-state index contributed by atoms with van der Waals surface area (Å²) in [6, 6.07) is 5.15. The molecule has 328 valence electrons. The number of benzene rings is 2. The number of aliphatic hydroxyl groups is 2. The van der Waals surface area contributed by atoms with Crippen molar-refractivity contribution in [3.63, 3.8) is 0 Å². The first-order valence-electron chi connectivity index (χ1n) is 20.6. The fourth-order valence-corrected chi connectivity index (χ4v) is 9.57. The molecule has 3 fully saturated rings. The van der Waals surface area contributed by atoms with Crippen molar-refractivity contribution in [1.82, 2.24) is 10.3 Å². The monoisotopic (exact) mass is 839 g/mol. The van der Waals surface area contributed by atoms with Gasteiger partial charge in [0.15, 0.2) is 24.7 Å². The largest absolute Gasteiger partial charge is 0.507 e. The van der Waals surface area contributed by atoms with E-state index in [-0.39, 0.29) is 71.2 Å². The van der Waals surface area contributed by atoms with Gasteiger partial charge in [-0.05, 0) is 65.4 Å². The summed E-state index contributed by atoms with van der Waals surface area (Å²) >= 11 is 0. The Morgan fingerprint density at radius 3 is 2.27 bits per heavy atom. The Kier molecular flexibility index (Phi) is 12.8. The van der Waals surface area contributed by atoms with Crippen LogP contribution in [0.25, 0.3) is 0 Å². The lowest BCUT2D eigenvalue weighted by Gasteiger charge is -2.48. The molecule has 3 saturated heterocycles. The van der Waals surface area contributed by atoms with Gasteiger partial charge >= 0.3 is 5.97 Å². The summed E-state index contributed by atoms with van der Waals surface area (Å²) in [5, 5.41) is 50.3. The normalized spacial score (nSPS) is 36.1. The third-order valence-electron chi connectivity index (χ3n) is 12.7. The van der Waals surface area contributed by atoms with Crippen LogP contribution in [0.4, 0.5) is 0 Å². The van der Waals surface area contributed by atoms with Crippen LogP contribution in [0, 0.1) is 0 Å². The van der Waals surface area contributed by atoms with Crippen molar-refractivity contribution < 1.29 is 68.0 Å². The van der Waals surface area contributed by atoms with E-state index in [0.717, 1.165) is 5.71 Å². The number of hydrazone groups is 1. The molecule has 5 aliphatic rings. The average molecular weight is 840 g/mol. The van der Waals surface area contributed by atoms with Gasteiger partial charge in [0.25, 0.3) is 0 Å². The lowest BCUT2D eigenvalue weighted by molar-refractivity contribution is -0.324. The number of carbonyl (C=O) groups excluding carboxylic acids is 3. The van der Waals surface area contributed by atoms with Crippen LogP contribution in [0.15, 0.2) is 29.4 Å². The van der Waals surface area contributed by atoms with Gasteiger partial charge in [-0.3, -0.25) is 14.4 Å². The number of nitrogens with one attached hydrogen (secondary N) is 1. The number of phenols is 2. The van der Waals surface area contributed by atoms with Crippen molar-refractivity contribution in [3.8, 4) is 11.5 Å². The first-order valence-corrected chi connectivity index (χ1v) is 20.6. The number of carbonyl (C=O) groups is 3. The number of fused-ring (bicyclic) bond motifs is 3. The highest BCUT2D eigenvalue weighted by Gasteiger charge is 2.53. The van der Waals surface area contributed by atoms with Crippen LogP contribution in [0.1, 0.15) is 121 Å². The maximum Gasteiger partial charge on any atom is 0.316 e. The van der Waals surface area contributed by atoms with Crippen molar-refractivity contribution in [1.29, 1.82) is 0 Å². The number of likely N-dealkylation sites (N-methyl/N-ethyl adjacent to an activating group) is 1. The van der Waals surface area contributed by atoms with Gasteiger partial charge in [-0.25, -0.2) is 0 Å². The van der Waals surface area contributed by atoms with Crippen molar-refractivity contribution in [3.05, 3.63) is 57.6 Å². The predicted molar refractivity (Wildman–Crippen MR) is 213 cm³/mol. The van der Waals surface area contributed by atoms with Gasteiger partial charge in [0.1, 0.15) is 29.6 Å². The summed E-state index contributed by atoms with van der Waals surface area (Å²) < 4.78 is 43.3. The molecule has 17 heteroatoms. The van der Waals surface area contributed by atoms with E-state index in [1.165, 1.54) is 31.4 Å². The fraction of sp³-hybridized carbons (Fsp3) is 0.628.